The van der Waals surface area contributed by atoms with Crippen molar-refractivity contribution in [2.24, 2.45) is 0 Å². The minimum Gasteiger partial charge on any atom is -0.354 e. The SMILES string of the molecule is CCCCNC(=O)C(C)N(Cc1ccc(C)cc1)C(=O)CN(c1ccccc1F)S(=O)(=O)c1ccc(C)cc1. The van der Waals surface area contributed by atoms with Gasteiger partial charge in [-0.25, -0.2) is 12.8 Å². The van der Waals surface area contributed by atoms with E-state index in [0.717, 1.165) is 39.9 Å². The number of carbonyl (C=O) groups is 2. The molecule has 39 heavy (non-hydrogen) atoms. The van der Waals surface area contributed by atoms with Gasteiger partial charge >= 0.3 is 0 Å². The maximum absolute atomic E-state index is 15.0. The smallest absolute Gasteiger partial charge is 0.264 e. The van der Waals surface area contributed by atoms with Crippen molar-refractivity contribution < 1.29 is 22.4 Å². The molecule has 0 heterocycles. The van der Waals surface area contributed by atoms with Crippen molar-refractivity contribution in [1.29, 1.82) is 0 Å². The molecule has 0 saturated heterocycles. The van der Waals surface area contributed by atoms with Crippen molar-refractivity contribution in [2.45, 2.75) is 58.0 Å². The summed E-state index contributed by atoms with van der Waals surface area (Å²) in [6.45, 7) is 7.25. The van der Waals surface area contributed by atoms with Gasteiger partial charge in [-0.2, -0.15) is 0 Å². The summed E-state index contributed by atoms with van der Waals surface area (Å²) in [6, 6.07) is 18.2. The zero-order valence-corrected chi connectivity index (χ0v) is 23.7. The van der Waals surface area contributed by atoms with Gasteiger partial charge in [-0.05, 0) is 57.0 Å². The van der Waals surface area contributed by atoms with E-state index in [-0.39, 0.29) is 23.0 Å². The highest BCUT2D eigenvalue weighted by Crippen LogP contribution is 2.27. The van der Waals surface area contributed by atoms with Crippen LogP contribution in [0.5, 0.6) is 0 Å². The Bertz CT molecular complexity index is 1380. The number of halogens is 1. The van der Waals surface area contributed by atoms with E-state index in [1.807, 2.05) is 45.0 Å². The summed E-state index contributed by atoms with van der Waals surface area (Å²) in [6.07, 6.45) is 1.69. The molecule has 0 aliphatic rings. The zero-order chi connectivity index (χ0) is 28.6. The zero-order valence-electron chi connectivity index (χ0n) is 22.9. The van der Waals surface area contributed by atoms with Crippen LogP contribution in [-0.4, -0.2) is 44.3 Å². The van der Waals surface area contributed by atoms with Crippen molar-refractivity contribution >= 4 is 27.5 Å². The van der Waals surface area contributed by atoms with Crippen molar-refractivity contribution in [3.8, 4) is 0 Å². The lowest BCUT2D eigenvalue weighted by Gasteiger charge is -2.32. The summed E-state index contributed by atoms with van der Waals surface area (Å²) >= 11 is 0. The molecule has 9 heteroatoms. The van der Waals surface area contributed by atoms with E-state index in [1.165, 1.54) is 35.2 Å². The highest BCUT2D eigenvalue weighted by atomic mass is 32.2. The van der Waals surface area contributed by atoms with E-state index in [9.17, 15) is 22.4 Å². The van der Waals surface area contributed by atoms with Crippen LogP contribution in [0.4, 0.5) is 10.1 Å². The summed E-state index contributed by atoms with van der Waals surface area (Å²) in [4.78, 5) is 28.1. The first-order valence-electron chi connectivity index (χ1n) is 13.0. The first-order valence-corrected chi connectivity index (χ1v) is 14.4. The number of nitrogens with one attached hydrogen (secondary N) is 1. The van der Waals surface area contributed by atoms with Crippen LogP contribution >= 0.6 is 0 Å². The van der Waals surface area contributed by atoms with Crippen molar-refractivity contribution in [2.75, 3.05) is 17.4 Å². The van der Waals surface area contributed by atoms with Crippen LogP contribution in [0.15, 0.2) is 77.7 Å². The van der Waals surface area contributed by atoms with E-state index in [2.05, 4.69) is 5.32 Å². The Morgan fingerprint density at radius 1 is 0.923 bits per heavy atom. The third-order valence-corrected chi connectivity index (χ3v) is 8.25. The second kappa shape index (κ2) is 13.4. The topological polar surface area (TPSA) is 86.8 Å². The monoisotopic (exact) mass is 553 g/mol. The average Bonchev–Trinajstić information content (AvgIpc) is 2.91. The Balaban J connectivity index is 2.00. The first kappa shape index (κ1) is 29.8. The van der Waals surface area contributed by atoms with Crippen molar-refractivity contribution in [1.82, 2.24) is 10.2 Å². The van der Waals surface area contributed by atoms with E-state index < -0.39 is 34.3 Å². The van der Waals surface area contributed by atoms with Crippen LogP contribution in [0.25, 0.3) is 0 Å². The minimum absolute atomic E-state index is 0.0698. The number of sulfonamides is 1. The molecule has 208 valence electrons. The van der Waals surface area contributed by atoms with E-state index in [0.29, 0.717) is 6.54 Å². The fraction of sp³-hybridized carbons (Fsp3) is 0.333. The fourth-order valence-corrected chi connectivity index (χ4v) is 5.44. The predicted octanol–water partition coefficient (Wildman–Crippen LogP) is 4.97. The number of carbonyl (C=O) groups excluding carboxylic acids is 2. The van der Waals surface area contributed by atoms with Gasteiger partial charge in [0.15, 0.2) is 0 Å². The van der Waals surface area contributed by atoms with Gasteiger partial charge in [0.2, 0.25) is 11.8 Å². The molecule has 0 radical (unpaired) electrons. The highest BCUT2D eigenvalue weighted by molar-refractivity contribution is 7.92. The molecule has 0 bridgehead atoms. The summed E-state index contributed by atoms with van der Waals surface area (Å²) < 4.78 is 43.2. The second-order valence-electron chi connectivity index (χ2n) is 9.60. The van der Waals surface area contributed by atoms with E-state index >= 15 is 0 Å². The molecular weight excluding hydrogens is 517 g/mol. The molecule has 0 fully saturated rings. The highest BCUT2D eigenvalue weighted by Gasteiger charge is 2.33. The number of hydrogen-bond donors (Lipinski definition) is 1. The van der Waals surface area contributed by atoms with Gasteiger partial charge in [0, 0.05) is 13.1 Å². The third-order valence-electron chi connectivity index (χ3n) is 6.48. The van der Waals surface area contributed by atoms with Gasteiger partial charge in [-0.3, -0.25) is 13.9 Å². The van der Waals surface area contributed by atoms with Crippen LogP contribution in [-0.2, 0) is 26.2 Å². The number of benzene rings is 3. The number of unbranched alkanes of at least 4 members (excludes halogenated alkanes) is 1. The van der Waals surface area contributed by atoms with Gasteiger partial charge in [-0.1, -0.05) is 73.0 Å². The second-order valence-corrected chi connectivity index (χ2v) is 11.5. The van der Waals surface area contributed by atoms with Crippen molar-refractivity contribution in [3.05, 3.63) is 95.3 Å². The Labute approximate surface area is 230 Å². The molecule has 1 N–H and O–H groups in total. The van der Waals surface area contributed by atoms with Crippen LogP contribution in [0, 0.1) is 19.7 Å². The summed E-state index contributed by atoms with van der Waals surface area (Å²) in [5, 5.41) is 2.84. The Morgan fingerprint density at radius 3 is 2.10 bits per heavy atom. The summed E-state index contributed by atoms with van der Waals surface area (Å²) in [5.74, 6) is -1.76. The molecule has 2 amide bonds. The number of anilines is 1. The Morgan fingerprint density at radius 2 is 1.51 bits per heavy atom. The average molecular weight is 554 g/mol. The summed E-state index contributed by atoms with van der Waals surface area (Å²) in [7, 11) is -4.32. The van der Waals surface area contributed by atoms with Crippen LogP contribution in [0.2, 0.25) is 0 Å². The maximum Gasteiger partial charge on any atom is 0.264 e. The molecule has 1 atom stereocenters. The molecule has 7 nitrogen and oxygen atoms in total. The van der Waals surface area contributed by atoms with Crippen molar-refractivity contribution in [3.63, 3.8) is 0 Å². The molecule has 0 aliphatic heterocycles. The quantitative estimate of drug-likeness (QED) is 0.321. The fourth-order valence-electron chi connectivity index (χ4n) is 4.01. The number of aryl methyl sites for hydroxylation is 2. The number of rotatable bonds is 12. The summed E-state index contributed by atoms with van der Waals surface area (Å²) in [5.41, 5.74) is 2.43. The van der Waals surface area contributed by atoms with Gasteiger partial charge in [0.1, 0.15) is 18.4 Å². The number of nitrogens with zero attached hydrogens (tertiary/aromatic N) is 2. The van der Waals surface area contributed by atoms with Gasteiger partial charge < -0.3 is 10.2 Å². The first-order chi connectivity index (χ1) is 18.5. The molecule has 0 aliphatic carbocycles. The molecule has 3 rings (SSSR count). The largest absolute Gasteiger partial charge is 0.354 e. The minimum atomic E-state index is -4.32. The van der Waals surface area contributed by atoms with Crippen LogP contribution in [0.3, 0.4) is 0 Å². The molecule has 0 spiro atoms. The van der Waals surface area contributed by atoms with E-state index in [1.54, 1.807) is 19.1 Å². The molecule has 1 unspecified atom stereocenters. The maximum atomic E-state index is 15.0. The predicted molar refractivity (Wildman–Crippen MR) is 151 cm³/mol. The molecule has 0 aromatic heterocycles. The number of hydrogen-bond acceptors (Lipinski definition) is 4. The van der Waals surface area contributed by atoms with Gasteiger partial charge in [0.25, 0.3) is 10.0 Å². The Kier molecular flexibility index (Phi) is 10.2. The third kappa shape index (κ3) is 7.66. The number of amides is 2. The molecule has 3 aromatic rings. The molecule has 3 aromatic carbocycles. The van der Waals surface area contributed by atoms with Gasteiger partial charge in [0.05, 0.1) is 10.6 Å². The lowest BCUT2D eigenvalue weighted by Crippen LogP contribution is -2.51. The lowest BCUT2D eigenvalue weighted by molar-refractivity contribution is -0.139. The normalized spacial score (nSPS) is 12.0. The molecule has 0 saturated carbocycles. The standard InChI is InChI=1S/C30H36FN3O4S/c1-5-6-19-32-30(36)24(4)33(20-25-15-11-22(2)12-16-25)29(35)21-34(28-10-8-7-9-27(28)31)39(37,38)26-17-13-23(3)14-18-26/h7-18,24H,5-6,19-21H2,1-4H3,(H,32,36). The van der Waals surface area contributed by atoms with Crippen LogP contribution < -0.4 is 9.62 Å². The van der Waals surface area contributed by atoms with Gasteiger partial charge in [-0.15, -0.1) is 0 Å². The van der Waals surface area contributed by atoms with Crippen LogP contribution in [0.1, 0.15) is 43.4 Å². The number of para-hydroxylation sites is 1. The van der Waals surface area contributed by atoms with E-state index in [4.69, 9.17) is 0 Å². The Hall–Kier alpha value is -3.72. The lowest BCUT2D eigenvalue weighted by atomic mass is 10.1. The molecular formula is C30H36FN3O4S.